The van der Waals surface area contributed by atoms with Gasteiger partial charge in [0.2, 0.25) is 0 Å². The lowest BCUT2D eigenvalue weighted by atomic mass is 10.1. The van der Waals surface area contributed by atoms with Gasteiger partial charge in [-0.2, -0.15) is 0 Å². The third kappa shape index (κ3) is 5.69. The van der Waals surface area contributed by atoms with Crippen LogP contribution < -0.4 is 0 Å². The average molecular weight is 232 g/mol. The summed E-state index contributed by atoms with van der Waals surface area (Å²) in [5, 5.41) is 9.49. The Balaban J connectivity index is 4.11. The highest BCUT2D eigenvalue weighted by molar-refractivity contribution is 6.74. The molecule has 92 valence electrons. The van der Waals surface area contributed by atoms with Gasteiger partial charge in [-0.05, 0) is 44.8 Å². The minimum Gasteiger partial charge on any atom is -0.414 e. The van der Waals surface area contributed by atoms with Gasteiger partial charge < -0.3 is 9.53 Å². The monoisotopic (exact) mass is 232 g/mol. The van der Waals surface area contributed by atoms with Crippen LogP contribution in [-0.2, 0) is 4.43 Å². The molecule has 0 spiro atoms. The fraction of sp³-hybridized carbons (Fsp3) is 1.00. The highest BCUT2D eigenvalue weighted by Crippen LogP contribution is 2.37. The van der Waals surface area contributed by atoms with Crippen molar-refractivity contribution in [3.63, 3.8) is 0 Å². The van der Waals surface area contributed by atoms with Crippen molar-refractivity contribution >= 4 is 8.32 Å². The predicted octanol–water partition coefficient (Wildman–Crippen LogP) is 3.56. The lowest BCUT2D eigenvalue weighted by molar-refractivity contribution is 0.137. The summed E-state index contributed by atoms with van der Waals surface area (Å²) in [4.78, 5) is 0. The Hall–Kier alpha value is 0.137. The second-order valence-corrected chi connectivity index (χ2v) is 10.9. The van der Waals surface area contributed by atoms with Gasteiger partial charge in [0.1, 0.15) is 0 Å². The maximum Gasteiger partial charge on any atom is 0.192 e. The second kappa shape index (κ2) is 5.46. The molecule has 0 aliphatic carbocycles. The molecular weight excluding hydrogens is 204 g/mol. The van der Waals surface area contributed by atoms with E-state index in [1.165, 1.54) is 0 Å². The second-order valence-electron chi connectivity index (χ2n) is 6.12. The summed E-state index contributed by atoms with van der Waals surface area (Å²) in [5.74, 6) is 0. The zero-order chi connectivity index (χ0) is 12.3. The maximum atomic E-state index is 9.22. The molecule has 2 nitrogen and oxygen atoms in total. The van der Waals surface area contributed by atoms with Crippen LogP contribution in [0.25, 0.3) is 0 Å². The molecule has 0 radical (unpaired) electrons. The lowest BCUT2D eigenvalue weighted by Gasteiger charge is -2.38. The van der Waals surface area contributed by atoms with Gasteiger partial charge in [-0.1, -0.05) is 20.8 Å². The average Bonchev–Trinajstić information content (AvgIpc) is 1.97. The molecule has 0 aliphatic heterocycles. The van der Waals surface area contributed by atoms with Gasteiger partial charge in [-0.15, -0.1) is 0 Å². The minimum atomic E-state index is -1.62. The Labute approximate surface area is 96.2 Å². The van der Waals surface area contributed by atoms with Crippen molar-refractivity contribution in [2.45, 2.75) is 77.8 Å². The van der Waals surface area contributed by atoms with Crippen molar-refractivity contribution in [3.8, 4) is 0 Å². The minimum absolute atomic E-state index is 0.213. The molecule has 0 saturated heterocycles. The number of aliphatic hydroxyl groups excluding tert-OH is 1. The lowest BCUT2D eigenvalue weighted by Crippen LogP contribution is -2.43. The van der Waals surface area contributed by atoms with Crippen molar-refractivity contribution in [3.05, 3.63) is 0 Å². The molecule has 0 saturated carbocycles. The Morgan fingerprint density at radius 1 is 1.13 bits per heavy atom. The van der Waals surface area contributed by atoms with Crippen LogP contribution in [0.5, 0.6) is 0 Å². The van der Waals surface area contributed by atoms with Crippen molar-refractivity contribution < 1.29 is 9.53 Å². The van der Waals surface area contributed by atoms with Crippen molar-refractivity contribution in [1.29, 1.82) is 0 Å². The van der Waals surface area contributed by atoms with E-state index in [9.17, 15) is 5.11 Å². The molecule has 0 aromatic heterocycles. The summed E-state index contributed by atoms with van der Waals surface area (Å²) in [6.45, 7) is 15.2. The molecule has 0 aromatic rings. The molecule has 2 atom stereocenters. The predicted molar refractivity (Wildman–Crippen MR) is 68.7 cm³/mol. The molecule has 0 unspecified atom stereocenters. The van der Waals surface area contributed by atoms with E-state index < -0.39 is 8.32 Å². The van der Waals surface area contributed by atoms with Crippen LogP contribution >= 0.6 is 0 Å². The molecule has 0 bridgehead atoms. The number of rotatable bonds is 5. The molecule has 0 aliphatic rings. The normalized spacial score (nSPS) is 17.6. The van der Waals surface area contributed by atoms with Crippen molar-refractivity contribution in [2.75, 3.05) is 0 Å². The quantitative estimate of drug-likeness (QED) is 0.735. The number of aliphatic hydroxyl groups is 1. The van der Waals surface area contributed by atoms with Crippen molar-refractivity contribution in [1.82, 2.24) is 0 Å². The summed E-state index contributed by atoms with van der Waals surface area (Å²) in [6, 6.07) is 0. The molecule has 15 heavy (non-hydrogen) atoms. The van der Waals surface area contributed by atoms with E-state index in [1.54, 1.807) is 0 Å². The van der Waals surface area contributed by atoms with Gasteiger partial charge in [0, 0.05) is 6.10 Å². The van der Waals surface area contributed by atoms with Gasteiger partial charge >= 0.3 is 0 Å². The Kier molecular flexibility index (Phi) is 5.51. The van der Waals surface area contributed by atoms with E-state index in [2.05, 4.69) is 40.8 Å². The van der Waals surface area contributed by atoms with Crippen LogP contribution in [0, 0.1) is 0 Å². The number of hydrogen-bond acceptors (Lipinski definition) is 2. The first-order valence-corrected chi connectivity index (χ1v) is 8.83. The largest absolute Gasteiger partial charge is 0.414 e. The molecule has 0 heterocycles. The maximum absolute atomic E-state index is 9.22. The topological polar surface area (TPSA) is 29.5 Å². The Bertz CT molecular complexity index is 183. The van der Waals surface area contributed by atoms with Crippen LogP contribution in [0.2, 0.25) is 18.1 Å². The van der Waals surface area contributed by atoms with E-state index in [4.69, 9.17) is 4.43 Å². The van der Waals surface area contributed by atoms with E-state index >= 15 is 0 Å². The molecule has 0 rings (SSSR count). The van der Waals surface area contributed by atoms with E-state index in [1.807, 2.05) is 6.92 Å². The van der Waals surface area contributed by atoms with Gasteiger partial charge in [0.15, 0.2) is 8.32 Å². The standard InChI is InChI=1S/C12H28O2Si/c1-10(13)8-9-11(2)14-15(6,7)12(3,4)5/h10-11,13H,8-9H2,1-7H3/t10-,11-/m1/s1. The van der Waals surface area contributed by atoms with E-state index in [0.717, 1.165) is 12.8 Å². The highest BCUT2D eigenvalue weighted by Gasteiger charge is 2.38. The zero-order valence-electron chi connectivity index (χ0n) is 11.4. The summed E-state index contributed by atoms with van der Waals surface area (Å²) in [7, 11) is -1.62. The Morgan fingerprint density at radius 2 is 1.60 bits per heavy atom. The van der Waals surface area contributed by atoms with Crippen LogP contribution in [0.3, 0.4) is 0 Å². The summed E-state index contributed by atoms with van der Waals surface area (Å²) in [5.41, 5.74) is 0. The first kappa shape index (κ1) is 15.1. The smallest absolute Gasteiger partial charge is 0.192 e. The van der Waals surface area contributed by atoms with Gasteiger partial charge in [-0.25, -0.2) is 0 Å². The van der Waals surface area contributed by atoms with Gasteiger partial charge in [0.05, 0.1) is 6.10 Å². The van der Waals surface area contributed by atoms with Crippen LogP contribution in [0.15, 0.2) is 0 Å². The van der Waals surface area contributed by atoms with Gasteiger partial charge in [-0.3, -0.25) is 0 Å². The first-order chi connectivity index (χ1) is 6.56. The SMILES string of the molecule is C[C@H](CC[C@@H](C)O)O[Si](C)(C)C(C)(C)C. The highest BCUT2D eigenvalue weighted by atomic mass is 28.4. The summed E-state index contributed by atoms with van der Waals surface area (Å²) < 4.78 is 6.18. The summed E-state index contributed by atoms with van der Waals surface area (Å²) in [6.07, 6.45) is 1.83. The van der Waals surface area contributed by atoms with Crippen molar-refractivity contribution in [2.24, 2.45) is 0 Å². The van der Waals surface area contributed by atoms with Crippen LogP contribution in [0.4, 0.5) is 0 Å². The molecule has 0 fully saturated rings. The van der Waals surface area contributed by atoms with E-state index in [0.29, 0.717) is 0 Å². The van der Waals surface area contributed by atoms with E-state index in [-0.39, 0.29) is 17.2 Å². The Morgan fingerprint density at radius 3 is 1.93 bits per heavy atom. The first-order valence-electron chi connectivity index (χ1n) is 5.92. The fourth-order valence-corrected chi connectivity index (χ4v) is 2.69. The van der Waals surface area contributed by atoms with Gasteiger partial charge in [0.25, 0.3) is 0 Å². The molecule has 1 N–H and O–H groups in total. The zero-order valence-corrected chi connectivity index (χ0v) is 12.4. The summed E-state index contributed by atoms with van der Waals surface area (Å²) >= 11 is 0. The molecule has 3 heteroatoms. The van der Waals surface area contributed by atoms with Crippen LogP contribution in [-0.4, -0.2) is 25.6 Å². The fourth-order valence-electron chi connectivity index (χ4n) is 1.21. The number of hydrogen-bond donors (Lipinski definition) is 1. The van der Waals surface area contributed by atoms with Crippen LogP contribution in [0.1, 0.15) is 47.5 Å². The molecule has 0 amide bonds. The third-order valence-electron chi connectivity index (χ3n) is 3.29. The molecular formula is C12H28O2Si. The third-order valence-corrected chi connectivity index (χ3v) is 7.90. The molecule has 0 aromatic carbocycles.